The zero-order valence-corrected chi connectivity index (χ0v) is 17.8. The van der Waals surface area contributed by atoms with Gasteiger partial charge in [0.2, 0.25) is 0 Å². The molecule has 2 aromatic heterocycles. The van der Waals surface area contributed by atoms with Crippen molar-refractivity contribution in [3.63, 3.8) is 0 Å². The van der Waals surface area contributed by atoms with Crippen LogP contribution in [0.15, 0.2) is 72.1 Å². The fraction of sp³-hybridized carbons (Fsp3) is 0.0435. The second-order valence-corrected chi connectivity index (χ2v) is 7.58. The van der Waals surface area contributed by atoms with E-state index in [2.05, 4.69) is 20.5 Å². The molecule has 0 aliphatic carbocycles. The number of aromatic hydroxyl groups is 1. The number of fused-ring (bicyclic) bond motifs is 1. The third-order valence-corrected chi connectivity index (χ3v) is 5.17. The van der Waals surface area contributed by atoms with Crippen molar-refractivity contribution in [2.24, 2.45) is 5.10 Å². The predicted molar refractivity (Wildman–Crippen MR) is 123 cm³/mol. The highest BCUT2D eigenvalue weighted by Crippen LogP contribution is 2.31. The highest BCUT2D eigenvalue weighted by atomic mass is 35.5. The molecule has 0 aliphatic heterocycles. The summed E-state index contributed by atoms with van der Waals surface area (Å²) in [6.45, 7) is 1.63. The van der Waals surface area contributed by atoms with Gasteiger partial charge >= 0.3 is 0 Å². The van der Waals surface area contributed by atoms with E-state index in [0.29, 0.717) is 38.5 Å². The lowest BCUT2D eigenvalue weighted by Gasteiger charge is -2.10. The monoisotopic (exact) mass is 450 g/mol. The number of benzene rings is 2. The largest absolute Gasteiger partial charge is 0.506 e. The van der Waals surface area contributed by atoms with Gasteiger partial charge in [0.1, 0.15) is 5.75 Å². The van der Waals surface area contributed by atoms with Gasteiger partial charge in [0.15, 0.2) is 0 Å². The van der Waals surface area contributed by atoms with Crippen molar-refractivity contribution in [1.29, 1.82) is 0 Å². The Hall–Kier alpha value is -3.48. The number of hydrogen-bond acceptors (Lipinski definition) is 5. The molecular formula is C23H16Cl2N4O2. The van der Waals surface area contributed by atoms with Crippen LogP contribution in [0, 0.1) is 0 Å². The Kier molecular flexibility index (Phi) is 5.84. The number of nitrogens with zero attached hydrogens (tertiary/aromatic N) is 3. The Bertz CT molecular complexity index is 1320. The molecule has 0 atom stereocenters. The maximum atomic E-state index is 13.0. The smallest absolute Gasteiger partial charge is 0.272 e. The Balaban J connectivity index is 1.72. The van der Waals surface area contributed by atoms with Crippen LogP contribution in [-0.2, 0) is 0 Å². The minimum absolute atomic E-state index is 0.101. The van der Waals surface area contributed by atoms with Gasteiger partial charge in [-0.15, -0.1) is 0 Å². The fourth-order valence-electron chi connectivity index (χ4n) is 3.12. The van der Waals surface area contributed by atoms with Crippen molar-refractivity contribution in [2.45, 2.75) is 6.92 Å². The summed E-state index contributed by atoms with van der Waals surface area (Å²) in [6.07, 6.45) is 3.36. The Morgan fingerprint density at radius 2 is 1.87 bits per heavy atom. The van der Waals surface area contributed by atoms with E-state index in [1.165, 1.54) is 12.1 Å². The number of phenolic OH excluding ortho intramolecular Hbond substituents is 1. The van der Waals surface area contributed by atoms with Gasteiger partial charge < -0.3 is 5.11 Å². The number of pyridine rings is 2. The van der Waals surface area contributed by atoms with Crippen LogP contribution in [0.5, 0.6) is 5.75 Å². The molecule has 0 saturated heterocycles. The van der Waals surface area contributed by atoms with Crippen LogP contribution in [-0.4, -0.2) is 26.7 Å². The lowest BCUT2D eigenvalue weighted by Crippen LogP contribution is -2.20. The number of carbonyl (C=O) groups is 1. The van der Waals surface area contributed by atoms with E-state index < -0.39 is 5.91 Å². The van der Waals surface area contributed by atoms with Gasteiger partial charge in [-0.25, -0.2) is 10.4 Å². The first kappa shape index (κ1) is 20.8. The number of nitrogens with one attached hydrogen (secondary N) is 1. The minimum Gasteiger partial charge on any atom is -0.506 e. The quantitative estimate of drug-likeness (QED) is 0.319. The number of hydrazone groups is 1. The standard InChI is InChI=1S/C23H16Cl2N4O2/c1-13(17-9-15(24)10-19(25)22(17)30)28-29-23(31)18-11-21(14-5-4-8-26-12-14)27-20-7-3-2-6-16(18)20/h2-12,30H,1H3,(H,29,31)/b28-13-. The number of para-hydroxylation sites is 1. The SMILES string of the molecule is C/C(=N/NC(=O)c1cc(-c2cccnc2)nc2ccccc12)c1cc(Cl)cc(Cl)c1O. The van der Waals surface area contributed by atoms with Crippen LogP contribution >= 0.6 is 23.2 Å². The first-order chi connectivity index (χ1) is 14.9. The predicted octanol–water partition coefficient (Wildman–Crippen LogP) is 5.46. The first-order valence-electron chi connectivity index (χ1n) is 9.27. The number of rotatable bonds is 4. The summed E-state index contributed by atoms with van der Waals surface area (Å²) in [5.74, 6) is -0.578. The van der Waals surface area contributed by atoms with Crippen LogP contribution in [0.1, 0.15) is 22.8 Å². The average Bonchev–Trinajstić information content (AvgIpc) is 2.79. The normalized spacial score (nSPS) is 11.5. The van der Waals surface area contributed by atoms with Crippen LogP contribution in [0.25, 0.3) is 22.2 Å². The molecule has 0 spiro atoms. The minimum atomic E-state index is -0.421. The maximum absolute atomic E-state index is 13.0. The third kappa shape index (κ3) is 4.35. The zero-order chi connectivity index (χ0) is 22.0. The van der Waals surface area contributed by atoms with Gasteiger partial charge in [-0.1, -0.05) is 41.4 Å². The van der Waals surface area contributed by atoms with Crippen molar-refractivity contribution in [3.8, 4) is 17.0 Å². The Morgan fingerprint density at radius 3 is 2.65 bits per heavy atom. The Morgan fingerprint density at radius 1 is 1.06 bits per heavy atom. The van der Waals surface area contributed by atoms with E-state index in [9.17, 15) is 9.90 Å². The van der Waals surface area contributed by atoms with Crippen molar-refractivity contribution in [1.82, 2.24) is 15.4 Å². The highest BCUT2D eigenvalue weighted by Gasteiger charge is 2.15. The molecule has 2 heterocycles. The lowest BCUT2D eigenvalue weighted by molar-refractivity contribution is 0.0956. The van der Waals surface area contributed by atoms with E-state index in [4.69, 9.17) is 23.2 Å². The average molecular weight is 451 g/mol. The highest BCUT2D eigenvalue weighted by molar-refractivity contribution is 6.36. The summed E-state index contributed by atoms with van der Waals surface area (Å²) in [5.41, 5.74) is 5.72. The van der Waals surface area contributed by atoms with Gasteiger partial charge in [0.25, 0.3) is 5.91 Å². The zero-order valence-electron chi connectivity index (χ0n) is 16.3. The molecule has 8 heteroatoms. The van der Waals surface area contributed by atoms with Gasteiger partial charge in [0, 0.05) is 33.9 Å². The number of amides is 1. The summed E-state index contributed by atoms with van der Waals surface area (Å²) in [7, 11) is 0. The Labute approximate surface area is 188 Å². The summed E-state index contributed by atoms with van der Waals surface area (Å²) in [6, 6.07) is 15.7. The summed E-state index contributed by atoms with van der Waals surface area (Å²) in [4.78, 5) is 21.8. The molecular weight excluding hydrogens is 435 g/mol. The molecule has 0 saturated carbocycles. The number of halogens is 2. The van der Waals surface area contributed by atoms with E-state index in [-0.39, 0.29) is 10.8 Å². The maximum Gasteiger partial charge on any atom is 0.272 e. The van der Waals surface area contributed by atoms with E-state index >= 15 is 0 Å². The molecule has 2 N–H and O–H groups in total. The van der Waals surface area contributed by atoms with Crippen LogP contribution in [0.3, 0.4) is 0 Å². The number of hydrogen-bond donors (Lipinski definition) is 2. The van der Waals surface area contributed by atoms with Gasteiger partial charge in [-0.3, -0.25) is 9.78 Å². The first-order valence-corrected chi connectivity index (χ1v) is 10.0. The molecule has 0 radical (unpaired) electrons. The molecule has 4 rings (SSSR count). The second-order valence-electron chi connectivity index (χ2n) is 6.74. The second kappa shape index (κ2) is 8.71. The molecule has 0 fully saturated rings. The molecule has 0 aliphatic rings. The number of carbonyl (C=O) groups excluding carboxylic acids is 1. The third-order valence-electron chi connectivity index (χ3n) is 4.66. The van der Waals surface area contributed by atoms with Crippen molar-refractivity contribution < 1.29 is 9.90 Å². The van der Waals surface area contributed by atoms with E-state index in [0.717, 1.165) is 5.56 Å². The summed E-state index contributed by atoms with van der Waals surface area (Å²) in [5, 5.41) is 15.4. The number of phenols is 1. The number of aromatic nitrogens is 2. The van der Waals surface area contributed by atoms with Gasteiger partial charge in [-0.2, -0.15) is 5.10 Å². The molecule has 4 aromatic rings. The molecule has 0 bridgehead atoms. The topological polar surface area (TPSA) is 87.5 Å². The molecule has 31 heavy (non-hydrogen) atoms. The van der Waals surface area contributed by atoms with Gasteiger partial charge in [0.05, 0.1) is 27.5 Å². The fourth-order valence-corrected chi connectivity index (χ4v) is 3.62. The molecule has 2 aromatic carbocycles. The van der Waals surface area contributed by atoms with Gasteiger partial charge in [-0.05, 0) is 43.3 Å². The van der Waals surface area contributed by atoms with E-state index in [1.54, 1.807) is 25.4 Å². The van der Waals surface area contributed by atoms with Crippen LogP contribution < -0.4 is 5.43 Å². The van der Waals surface area contributed by atoms with Crippen LogP contribution in [0.4, 0.5) is 0 Å². The van der Waals surface area contributed by atoms with Crippen molar-refractivity contribution in [3.05, 3.63) is 88.2 Å². The molecule has 154 valence electrons. The molecule has 0 unspecified atom stereocenters. The summed E-state index contributed by atoms with van der Waals surface area (Å²) >= 11 is 12.0. The molecule has 6 nitrogen and oxygen atoms in total. The summed E-state index contributed by atoms with van der Waals surface area (Å²) < 4.78 is 0. The lowest BCUT2D eigenvalue weighted by atomic mass is 10.0. The molecule has 1 amide bonds. The van der Waals surface area contributed by atoms with Crippen molar-refractivity contribution in [2.75, 3.05) is 0 Å². The van der Waals surface area contributed by atoms with Crippen molar-refractivity contribution >= 4 is 45.7 Å². The van der Waals surface area contributed by atoms with E-state index in [1.807, 2.05) is 36.4 Å². The van der Waals surface area contributed by atoms with Crippen LogP contribution in [0.2, 0.25) is 10.0 Å².